The zero-order chi connectivity index (χ0) is 25.4. The molecule has 35 heavy (non-hydrogen) atoms. The van der Waals surface area contributed by atoms with E-state index >= 15 is 0 Å². The number of hydrogen-bond donors (Lipinski definition) is 1. The van der Waals surface area contributed by atoms with Crippen LogP contribution in [0.1, 0.15) is 40.0 Å². The van der Waals surface area contributed by atoms with Crippen LogP contribution in [0, 0.1) is 5.92 Å². The van der Waals surface area contributed by atoms with Crippen LogP contribution in [-0.4, -0.2) is 47.8 Å². The summed E-state index contributed by atoms with van der Waals surface area (Å²) in [6.45, 7) is 7.01. The number of nitrogens with two attached hydrogens (primary N) is 1. The molecule has 0 spiro atoms. The Morgan fingerprint density at radius 2 is 1.74 bits per heavy atom. The van der Waals surface area contributed by atoms with Gasteiger partial charge in [0, 0.05) is 31.3 Å². The normalized spacial score (nSPS) is 14.1. The third-order valence-electron chi connectivity index (χ3n) is 5.68. The molecule has 0 radical (unpaired) electrons. The average Bonchev–Trinajstić information content (AvgIpc) is 2.83. The minimum atomic E-state index is -0.725. The van der Waals surface area contributed by atoms with E-state index < -0.39 is 11.7 Å². The number of anilines is 1. The SMILES string of the molecule is CC(C)(C)OC(N)=O.COC(=O)CC1CCN(c2nccc(-c3ccc4ccccc4c3)n2)CC1. The number of ether oxygens (including phenoxy) is 2. The van der Waals surface area contributed by atoms with Crippen molar-refractivity contribution in [3.63, 3.8) is 0 Å². The van der Waals surface area contributed by atoms with E-state index in [-0.39, 0.29) is 5.97 Å². The van der Waals surface area contributed by atoms with Crippen molar-refractivity contribution >= 4 is 28.8 Å². The molecule has 1 fully saturated rings. The molecule has 4 rings (SSSR count). The highest BCUT2D eigenvalue weighted by Crippen LogP contribution is 2.27. The van der Waals surface area contributed by atoms with Gasteiger partial charge >= 0.3 is 12.1 Å². The molecule has 186 valence electrons. The van der Waals surface area contributed by atoms with Crippen molar-refractivity contribution in [1.29, 1.82) is 0 Å². The van der Waals surface area contributed by atoms with Gasteiger partial charge in [0.1, 0.15) is 5.60 Å². The second kappa shape index (κ2) is 11.6. The molecule has 0 unspecified atom stereocenters. The summed E-state index contributed by atoms with van der Waals surface area (Å²) in [5, 5.41) is 2.43. The molecule has 0 atom stereocenters. The summed E-state index contributed by atoms with van der Waals surface area (Å²) in [4.78, 5) is 33.0. The van der Waals surface area contributed by atoms with Gasteiger partial charge < -0.3 is 20.1 Å². The van der Waals surface area contributed by atoms with Crippen molar-refractivity contribution < 1.29 is 19.1 Å². The van der Waals surface area contributed by atoms with Crippen LogP contribution in [0.2, 0.25) is 0 Å². The first-order chi connectivity index (χ1) is 16.6. The van der Waals surface area contributed by atoms with Crippen molar-refractivity contribution in [2.75, 3.05) is 25.1 Å². The van der Waals surface area contributed by atoms with E-state index in [0.29, 0.717) is 12.3 Å². The Labute approximate surface area is 206 Å². The summed E-state index contributed by atoms with van der Waals surface area (Å²) in [6.07, 6.45) is 3.52. The number of piperidine rings is 1. The van der Waals surface area contributed by atoms with E-state index in [4.69, 9.17) is 15.5 Å². The fourth-order valence-electron chi connectivity index (χ4n) is 3.97. The highest BCUT2D eigenvalue weighted by atomic mass is 16.6. The molecule has 1 saturated heterocycles. The van der Waals surface area contributed by atoms with Gasteiger partial charge in [-0.15, -0.1) is 0 Å². The summed E-state index contributed by atoms with van der Waals surface area (Å²) in [5.74, 6) is 1.03. The summed E-state index contributed by atoms with van der Waals surface area (Å²) < 4.78 is 9.36. The Bertz CT molecular complexity index is 1150. The Morgan fingerprint density at radius 3 is 2.34 bits per heavy atom. The maximum atomic E-state index is 11.5. The zero-order valence-electron chi connectivity index (χ0n) is 20.9. The molecular weight excluding hydrogens is 444 g/mol. The summed E-state index contributed by atoms with van der Waals surface area (Å²) in [6, 6.07) is 16.7. The number of carbonyl (C=O) groups is 2. The molecule has 0 aliphatic carbocycles. The number of nitrogens with zero attached hydrogens (tertiary/aromatic N) is 3. The van der Waals surface area contributed by atoms with E-state index in [2.05, 4.69) is 57.1 Å². The summed E-state index contributed by atoms with van der Waals surface area (Å²) in [7, 11) is 1.45. The standard InChI is InChI=1S/C22H23N3O2.C5H11NO2/c1-27-21(26)14-16-9-12-25(13-10-16)22-23-11-8-20(24-22)19-7-6-17-4-2-3-5-18(17)15-19;1-5(2,3)8-4(6)7/h2-8,11,15-16H,9-10,12-14H2,1H3;1-3H3,(H2,6,7). The number of amides is 1. The third kappa shape index (κ3) is 7.95. The third-order valence-corrected chi connectivity index (χ3v) is 5.68. The smallest absolute Gasteiger partial charge is 0.405 e. The molecule has 2 aromatic carbocycles. The van der Waals surface area contributed by atoms with Crippen LogP contribution in [0.15, 0.2) is 54.7 Å². The van der Waals surface area contributed by atoms with E-state index in [1.54, 1.807) is 20.8 Å². The Morgan fingerprint density at radius 1 is 1.06 bits per heavy atom. The number of carbonyl (C=O) groups excluding carboxylic acids is 2. The van der Waals surface area contributed by atoms with Gasteiger partial charge in [-0.2, -0.15) is 0 Å². The van der Waals surface area contributed by atoms with Gasteiger partial charge in [0.25, 0.3) is 0 Å². The molecule has 0 bridgehead atoms. The molecule has 1 aliphatic heterocycles. The lowest BCUT2D eigenvalue weighted by Crippen LogP contribution is -2.35. The number of fused-ring (bicyclic) bond motifs is 1. The zero-order valence-corrected chi connectivity index (χ0v) is 20.9. The van der Waals surface area contributed by atoms with Crippen molar-refractivity contribution in [3.05, 3.63) is 54.7 Å². The molecule has 2 N–H and O–H groups in total. The number of methoxy groups -OCH3 is 1. The lowest BCUT2D eigenvalue weighted by molar-refractivity contribution is -0.141. The van der Waals surface area contributed by atoms with Gasteiger partial charge in [-0.25, -0.2) is 14.8 Å². The lowest BCUT2D eigenvalue weighted by atomic mass is 9.94. The highest BCUT2D eigenvalue weighted by Gasteiger charge is 2.23. The number of hydrogen-bond acceptors (Lipinski definition) is 7. The van der Waals surface area contributed by atoms with Crippen LogP contribution >= 0.6 is 0 Å². The predicted octanol–water partition coefficient (Wildman–Crippen LogP) is 4.96. The Hall–Kier alpha value is -3.68. The highest BCUT2D eigenvalue weighted by molar-refractivity contribution is 5.86. The fourth-order valence-corrected chi connectivity index (χ4v) is 3.97. The minimum absolute atomic E-state index is 0.122. The van der Waals surface area contributed by atoms with E-state index in [9.17, 15) is 9.59 Å². The molecule has 1 aliphatic rings. The average molecular weight is 479 g/mol. The van der Waals surface area contributed by atoms with Crippen molar-refractivity contribution in [3.8, 4) is 11.3 Å². The number of benzene rings is 2. The van der Waals surface area contributed by atoms with E-state index in [0.717, 1.165) is 43.1 Å². The molecule has 2 heterocycles. The first-order valence-electron chi connectivity index (χ1n) is 11.8. The van der Waals surface area contributed by atoms with Gasteiger partial charge in [0.15, 0.2) is 0 Å². The van der Waals surface area contributed by atoms with Gasteiger partial charge in [0.05, 0.1) is 12.8 Å². The Balaban J connectivity index is 0.000000371. The topological polar surface area (TPSA) is 108 Å². The maximum Gasteiger partial charge on any atom is 0.405 e. The summed E-state index contributed by atoms with van der Waals surface area (Å²) >= 11 is 0. The minimum Gasteiger partial charge on any atom is -0.469 e. The van der Waals surface area contributed by atoms with Crippen molar-refractivity contribution in [2.45, 2.75) is 45.6 Å². The van der Waals surface area contributed by atoms with Crippen LogP contribution < -0.4 is 10.6 Å². The van der Waals surface area contributed by atoms with Crippen LogP contribution in [-0.2, 0) is 14.3 Å². The monoisotopic (exact) mass is 478 g/mol. The van der Waals surface area contributed by atoms with Crippen LogP contribution in [0.5, 0.6) is 0 Å². The first kappa shape index (κ1) is 25.9. The molecule has 8 nitrogen and oxygen atoms in total. The lowest BCUT2D eigenvalue weighted by Gasteiger charge is -2.31. The molecule has 0 saturated carbocycles. The fraction of sp³-hybridized carbons (Fsp3) is 0.407. The Kier molecular flexibility index (Phi) is 8.63. The number of primary amides is 1. The first-order valence-corrected chi connectivity index (χ1v) is 11.8. The van der Waals surface area contributed by atoms with Crippen LogP contribution in [0.3, 0.4) is 0 Å². The number of esters is 1. The van der Waals surface area contributed by atoms with Gasteiger partial charge in [0.2, 0.25) is 5.95 Å². The largest absolute Gasteiger partial charge is 0.469 e. The van der Waals surface area contributed by atoms with E-state index in [1.165, 1.54) is 17.9 Å². The van der Waals surface area contributed by atoms with Crippen molar-refractivity contribution in [2.24, 2.45) is 11.7 Å². The predicted molar refractivity (Wildman–Crippen MR) is 137 cm³/mol. The van der Waals surface area contributed by atoms with Crippen LogP contribution in [0.4, 0.5) is 10.7 Å². The van der Waals surface area contributed by atoms with Gasteiger partial charge in [-0.1, -0.05) is 36.4 Å². The second-order valence-corrected chi connectivity index (χ2v) is 9.55. The number of aromatic nitrogens is 2. The quantitative estimate of drug-likeness (QED) is 0.528. The second-order valence-electron chi connectivity index (χ2n) is 9.55. The molecule has 8 heteroatoms. The summed E-state index contributed by atoms with van der Waals surface area (Å²) in [5.41, 5.74) is 6.29. The van der Waals surface area contributed by atoms with Gasteiger partial charge in [-0.05, 0) is 62.4 Å². The molecular formula is C27H34N4O4. The van der Waals surface area contributed by atoms with Crippen LogP contribution in [0.25, 0.3) is 22.0 Å². The number of rotatable bonds is 4. The van der Waals surface area contributed by atoms with Crippen molar-refractivity contribution in [1.82, 2.24) is 9.97 Å². The molecule has 1 amide bonds. The molecule has 3 aromatic rings. The van der Waals surface area contributed by atoms with Gasteiger partial charge in [-0.3, -0.25) is 4.79 Å². The van der Waals surface area contributed by atoms with E-state index in [1.807, 2.05) is 12.3 Å². The maximum absolute atomic E-state index is 11.5. The molecule has 1 aromatic heterocycles.